The van der Waals surface area contributed by atoms with Gasteiger partial charge in [0, 0.05) is 29.7 Å². The lowest BCUT2D eigenvalue weighted by molar-refractivity contribution is 0.345. The molecule has 0 amide bonds. The highest BCUT2D eigenvalue weighted by atomic mass is 16.5. The van der Waals surface area contributed by atoms with Gasteiger partial charge in [-0.2, -0.15) is 4.98 Å². The van der Waals surface area contributed by atoms with E-state index in [1.165, 1.54) is 5.52 Å². The fourth-order valence-electron chi connectivity index (χ4n) is 2.90. The molecular weight excluding hydrogens is 252 g/mol. The van der Waals surface area contributed by atoms with Gasteiger partial charge in [0.1, 0.15) is 0 Å². The van der Waals surface area contributed by atoms with Crippen molar-refractivity contribution < 1.29 is 4.52 Å². The minimum absolute atomic E-state index is 0.214. The fourth-order valence-corrected chi connectivity index (χ4v) is 2.90. The molecule has 2 aromatic heterocycles. The molecule has 102 valence electrons. The first-order valence-corrected chi connectivity index (χ1v) is 6.94. The van der Waals surface area contributed by atoms with Crippen LogP contribution in [0.25, 0.3) is 22.3 Å². The maximum atomic E-state index is 5.43. The Kier molecular flexibility index (Phi) is 2.60. The maximum absolute atomic E-state index is 5.43. The van der Waals surface area contributed by atoms with E-state index in [1.54, 1.807) is 0 Å². The van der Waals surface area contributed by atoms with Crippen molar-refractivity contribution in [1.29, 1.82) is 0 Å². The number of aromatic nitrogens is 3. The van der Waals surface area contributed by atoms with Crippen LogP contribution in [-0.4, -0.2) is 21.3 Å². The normalized spacial score (nSPS) is 18.9. The summed E-state index contributed by atoms with van der Waals surface area (Å²) in [6, 6.07) is 8.47. The van der Waals surface area contributed by atoms with Crippen LogP contribution in [0.2, 0.25) is 0 Å². The van der Waals surface area contributed by atoms with Crippen molar-refractivity contribution in [3.63, 3.8) is 0 Å². The van der Waals surface area contributed by atoms with Crippen molar-refractivity contribution in [2.75, 3.05) is 6.54 Å². The van der Waals surface area contributed by atoms with Crippen molar-refractivity contribution in [3.8, 4) is 11.4 Å². The van der Waals surface area contributed by atoms with Crippen LogP contribution in [0.1, 0.15) is 24.8 Å². The molecule has 0 bridgehead atoms. The van der Waals surface area contributed by atoms with Crippen LogP contribution in [-0.2, 0) is 7.05 Å². The Hall–Kier alpha value is -2.14. The molecular formula is C15H16N4O. The first-order valence-electron chi connectivity index (χ1n) is 6.94. The summed E-state index contributed by atoms with van der Waals surface area (Å²) in [5.74, 6) is 1.37. The zero-order valence-electron chi connectivity index (χ0n) is 11.3. The molecule has 1 aliphatic rings. The van der Waals surface area contributed by atoms with E-state index >= 15 is 0 Å². The molecule has 0 spiro atoms. The molecule has 1 aliphatic heterocycles. The second kappa shape index (κ2) is 4.45. The molecule has 1 saturated heterocycles. The van der Waals surface area contributed by atoms with Crippen molar-refractivity contribution in [1.82, 2.24) is 20.0 Å². The van der Waals surface area contributed by atoms with Gasteiger partial charge in [0.2, 0.25) is 11.7 Å². The number of hydrogen-bond acceptors (Lipinski definition) is 4. The summed E-state index contributed by atoms with van der Waals surface area (Å²) < 4.78 is 7.52. The lowest BCUT2D eigenvalue weighted by Crippen LogP contribution is -2.12. The van der Waals surface area contributed by atoms with E-state index < -0.39 is 0 Å². The van der Waals surface area contributed by atoms with Gasteiger partial charge in [-0.1, -0.05) is 23.4 Å². The molecule has 0 aliphatic carbocycles. The maximum Gasteiger partial charge on any atom is 0.244 e. The van der Waals surface area contributed by atoms with Gasteiger partial charge in [0.15, 0.2) is 0 Å². The molecule has 5 nitrogen and oxygen atoms in total. The van der Waals surface area contributed by atoms with Crippen LogP contribution in [0.3, 0.4) is 0 Å². The highest BCUT2D eigenvalue weighted by Gasteiger charge is 2.23. The highest BCUT2D eigenvalue weighted by Crippen LogP contribution is 2.30. The molecule has 5 heteroatoms. The largest absolute Gasteiger partial charge is 0.350 e. The molecule has 1 N–H and O–H groups in total. The van der Waals surface area contributed by atoms with E-state index in [-0.39, 0.29) is 6.04 Å². The number of rotatable bonds is 2. The van der Waals surface area contributed by atoms with Gasteiger partial charge in [-0.05, 0) is 25.5 Å². The summed E-state index contributed by atoms with van der Waals surface area (Å²) in [7, 11) is 2.03. The van der Waals surface area contributed by atoms with Crippen molar-refractivity contribution in [3.05, 3.63) is 36.4 Å². The number of fused-ring (bicyclic) bond motifs is 1. The molecule has 20 heavy (non-hydrogen) atoms. The van der Waals surface area contributed by atoms with Gasteiger partial charge in [0.25, 0.3) is 0 Å². The third kappa shape index (κ3) is 1.74. The zero-order chi connectivity index (χ0) is 13.5. The lowest BCUT2D eigenvalue weighted by Gasteiger charge is -2.01. The van der Waals surface area contributed by atoms with E-state index in [9.17, 15) is 0 Å². The van der Waals surface area contributed by atoms with Crippen LogP contribution in [0.15, 0.2) is 35.0 Å². The van der Waals surface area contributed by atoms with E-state index in [0.29, 0.717) is 11.7 Å². The topological polar surface area (TPSA) is 55.9 Å². The van der Waals surface area contributed by atoms with Crippen LogP contribution in [0.5, 0.6) is 0 Å². The molecule has 3 heterocycles. The standard InChI is InChI=1S/C15H16N4O/c1-19-9-11(10-5-2-3-7-13(10)19)14-17-15(20-18-14)12-6-4-8-16-12/h2-3,5,7,9,12,16H,4,6,8H2,1H3. The van der Waals surface area contributed by atoms with E-state index in [4.69, 9.17) is 4.52 Å². The first-order chi connectivity index (χ1) is 9.83. The Balaban J connectivity index is 1.79. The zero-order valence-corrected chi connectivity index (χ0v) is 11.3. The number of benzene rings is 1. The van der Waals surface area contributed by atoms with Gasteiger partial charge in [-0.15, -0.1) is 0 Å². The highest BCUT2D eigenvalue weighted by molar-refractivity contribution is 5.94. The third-order valence-corrected chi connectivity index (χ3v) is 3.94. The van der Waals surface area contributed by atoms with Crippen molar-refractivity contribution in [2.45, 2.75) is 18.9 Å². The number of nitrogens with zero attached hydrogens (tertiary/aromatic N) is 3. The first kappa shape index (κ1) is 11.7. The summed E-state index contributed by atoms with van der Waals surface area (Å²) in [5, 5.41) is 8.69. The summed E-state index contributed by atoms with van der Waals surface area (Å²) in [6.07, 6.45) is 4.29. The van der Waals surface area contributed by atoms with Crippen molar-refractivity contribution in [2.24, 2.45) is 7.05 Å². The number of nitrogens with one attached hydrogen (secondary N) is 1. The Morgan fingerprint density at radius 3 is 3.10 bits per heavy atom. The molecule has 1 fully saturated rings. The third-order valence-electron chi connectivity index (χ3n) is 3.94. The Morgan fingerprint density at radius 2 is 2.25 bits per heavy atom. The molecule has 1 aromatic carbocycles. The number of hydrogen-bond donors (Lipinski definition) is 1. The Bertz CT molecular complexity index is 752. The van der Waals surface area contributed by atoms with Crippen LogP contribution in [0, 0.1) is 0 Å². The molecule has 3 aromatic rings. The van der Waals surface area contributed by atoms with E-state index in [0.717, 1.165) is 30.3 Å². The average Bonchev–Trinajstić information content (AvgIpc) is 3.17. The summed E-state index contributed by atoms with van der Waals surface area (Å²) in [4.78, 5) is 4.57. The number of aryl methyl sites for hydroxylation is 1. The van der Waals surface area contributed by atoms with Gasteiger partial charge in [0.05, 0.1) is 6.04 Å². The van der Waals surface area contributed by atoms with E-state index in [1.807, 2.05) is 19.2 Å². The minimum atomic E-state index is 0.214. The predicted octanol–water partition coefficient (Wildman–Crippen LogP) is 2.65. The summed E-state index contributed by atoms with van der Waals surface area (Å²) in [6.45, 7) is 1.02. The van der Waals surface area contributed by atoms with Gasteiger partial charge < -0.3 is 14.4 Å². The second-order valence-corrected chi connectivity index (χ2v) is 5.28. The Labute approximate surface area is 116 Å². The SMILES string of the molecule is Cn1cc(-c2noc(C3CCCN3)n2)c2ccccc21. The van der Waals surface area contributed by atoms with Crippen LogP contribution < -0.4 is 5.32 Å². The van der Waals surface area contributed by atoms with Gasteiger partial charge in [-0.3, -0.25) is 0 Å². The van der Waals surface area contributed by atoms with Gasteiger partial charge >= 0.3 is 0 Å². The Morgan fingerprint density at radius 1 is 1.35 bits per heavy atom. The van der Waals surface area contributed by atoms with Gasteiger partial charge in [-0.25, -0.2) is 0 Å². The minimum Gasteiger partial charge on any atom is -0.350 e. The second-order valence-electron chi connectivity index (χ2n) is 5.28. The van der Waals surface area contributed by atoms with Crippen LogP contribution >= 0.6 is 0 Å². The average molecular weight is 268 g/mol. The quantitative estimate of drug-likeness (QED) is 0.776. The molecule has 0 radical (unpaired) electrons. The molecule has 1 unspecified atom stereocenters. The monoisotopic (exact) mass is 268 g/mol. The van der Waals surface area contributed by atoms with Crippen molar-refractivity contribution >= 4 is 10.9 Å². The summed E-state index contributed by atoms with van der Waals surface area (Å²) >= 11 is 0. The van der Waals surface area contributed by atoms with E-state index in [2.05, 4.69) is 38.4 Å². The molecule has 1 atom stereocenters. The predicted molar refractivity (Wildman–Crippen MR) is 76.2 cm³/mol. The molecule has 0 saturated carbocycles. The summed E-state index contributed by atoms with van der Waals surface area (Å²) in [5.41, 5.74) is 2.20. The number of para-hydroxylation sites is 1. The molecule has 4 rings (SSSR count). The lowest BCUT2D eigenvalue weighted by atomic mass is 10.1. The van der Waals surface area contributed by atoms with Crippen LogP contribution in [0.4, 0.5) is 0 Å². The smallest absolute Gasteiger partial charge is 0.244 e. The fraction of sp³-hybridized carbons (Fsp3) is 0.333.